The molecule has 0 unspecified atom stereocenters. The Kier molecular flexibility index (Phi) is 5.55. The molecule has 0 atom stereocenters. The second-order valence-electron chi connectivity index (χ2n) is 6.11. The van der Waals surface area contributed by atoms with Crippen molar-refractivity contribution >= 4 is 34.6 Å². The highest BCUT2D eigenvalue weighted by Crippen LogP contribution is 2.30. The summed E-state index contributed by atoms with van der Waals surface area (Å²) in [5, 5.41) is 13.5. The molecule has 4 aromatic rings. The third-order valence-electron chi connectivity index (χ3n) is 4.21. The molecule has 0 aliphatic carbocycles. The van der Waals surface area contributed by atoms with Gasteiger partial charge in [-0.25, -0.2) is 4.98 Å². The fourth-order valence-corrected chi connectivity index (χ4v) is 4.33. The molecule has 0 aliphatic heterocycles. The summed E-state index contributed by atoms with van der Waals surface area (Å²) in [6.07, 6.45) is 1.97. The number of Topliss-reactive ketones (excluding diaryl/α,β-unsaturated/α-hetero) is 1. The van der Waals surface area contributed by atoms with Crippen LogP contribution in [0.15, 0.2) is 83.5 Å². The van der Waals surface area contributed by atoms with Crippen molar-refractivity contribution in [3.05, 3.63) is 94.0 Å². The van der Waals surface area contributed by atoms with Gasteiger partial charge in [0.1, 0.15) is 0 Å². The number of thioether (sulfide) groups is 1. The van der Waals surface area contributed by atoms with Gasteiger partial charge < -0.3 is 0 Å². The summed E-state index contributed by atoms with van der Waals surface area (Å²) in [7, 11) is 0. The smallest absolute Gasteiger partial charge is 0.269 e. The number of hydrogen-bond acceptors (Lipinski definition) is 6. The van der Waals surface area contributed by atoms with E-state index in [-0.39, 0.29) is 17.2 Å². The van der Waals surface area contributed by atoms with Crippen LogP contribution in [0.4, 0.5) is 5.69 Å². The number of thiophene rings is 1. The van der Waals surface area contributed by atoms with Crippen LogP contribution in [0.1, 0.15) is 10.4 Å². The molecular formula is C21H15N3O3S2. The number of non-ortho nitro benzene ring substituents is 1. The van der Waals surface area contributed by atoms with Crippen molar-refractivity contribution in [1.29, 1.82) is 0 Å². The molecule has 29 heavy (non-hydrogen) atoms. The molecule has 0 saturated heterocycles. The molecule has 0 radical (unpaired) electrons. The largest absolute Gasteiger partial charge is 0.294 e. The van der Waals surface area contributed by atoms with Gasteiger partial charge in [0.25, 0.3) is 5.69 Å². The Morgan fingerprint density at radius 2 is 1.83 bits per heavy atom. The van der Waals surface area contributed by atoms with Crippen molar-refractivity contribution in [2.75, 3.05) is 5.75 Å². The first-order chi connectivity index (χ1) is 14.1. The van der Waals surface area contributed by atoms with Gasteiger partial charge in [-0.05, 0) is 35.7 Å². The average molecular weight is 422 g/mol. The number of imidazole rings is 1. The molecule has 8 heteroatoms. The molecule has 0 fully saturated rings. The van der Waals surface area contributed by atoms with Crippen molar-refractivity contribution in [3.63, 3.8) is 0 Å². The molecule has 0 amide bonds. The van der Waals surface area contributed by atoms with Gasteiger partial charge in [-0.1, -0.05) is 36.0 Å². The van der Waals surface area contributed by atoms with Crippen LogP contribution in [-0.2, 0) is 0 Å². The topological polar surface area (TPSA) is 78.0 Å². The number of rotatable bonds is 7. The number of carbonyl (C=O) groups excluding carboxylic acids is 1. The normalized spacial score (nSPS) is 10.8. The molecule has 0 bridgehead atoms. The zero-order valence-electron chi connectivity index (χ0n) is 15.1. The van der Waals surface area contributed by atoms with Gasteiger partial charge in [0, 0.05) is 29.6 Å². The van der Waals surface area contributed by atoms with E-state index in [9.17, 15) is 14.9 Å². The highest BCUT2D eigenvalue weighted by molar-refractivity contribution is 7.99. The first-order valence-corrected chi connectivity index (χ1v) is 10.6. The predicted molar refractivity (Wildman–Crippen MR) is 115 cm³/mol. The second kappa shape index (κ2) is 8.42. The van der Waals surface area contributed by atoms with E-state index in [4.69, 9.17) is 4.98 Å². The zero-order valence-corrected chi connectivity index (χ0v) is 16.7. The van der Waals surface area contributed by atoms with Crippen LogP contribution in [0, 0.1) is 10.1 Å². The third kappa shape index (κ3) is 4.28. The molecule has 0 N–H and O–H groups in total. The summed E-state index contributed by atoms with van der Waals surface area (Å²) >= 11 is 2.96. The maximum Gasteiger partial charge on any atom is 0.269 e. The van der Waals surface area contributed by atoms with Gasteiger partial charge in [-0.2, -0.15) is 0 Å². The van der Waals surface area contributed by atoms with Gasteiger partial charge in [0.15, 0.2) is 10.9 Å². The van der Waals surface area contributed by atoms with E-state index in [1.54, 1.807) is 11.3 Å². The molecule has 0 aliphatic rings. The van der Waals surface area contributed by atoms with Crippen molar-refractivity contribution in [2.45, 2.75) is 5.16 Å². The average Bonchev–Trinajstić information content (AvgIpc) is 3.42. The van der Waals surface area contributed by atoms with E-state index >= 15 is 0 Å². The minimum atomic E-state index is -0.480. The Balaban J connectivity index is 1.57. The Labute approximate surface area is 175 Å². The number of carbonyl (C=O) groups is 1. The standard InChI is InChI=1S/C21H15N3O3S2/c25-19(15-8-10-17(11-9-15)24(26)27)14-29-21-22-18(20-7-4-12-28-20)13-23(21)16-5-2-1-3-6-16/h1-13H,14H2. The van der Waals surface area contributed by atoms with E-state index in [0.29, 0.717) is 5.56 Å². The summed E-state index contributed by atoms with van der Waals surface area (Å²) in [6.45, 7) is 0. The van der Waals surface area contributed by atoms with Crippen molar-refractivity contribution in [2.24, 2.45) is 0 Å². The minimum absolute atomic E-state index is 0.0330. The molecule has 4 rings (SSSR count). The fraction of sp³-hybridized carbons (Fsp3) is 0.0476. The molecular weight excluding hydrogens is 406 g/mol. The molecule has 2 aromatic carbocycles. The Morgan fingerprint density at radius 1 is 1.07 bits per heavy atom. The molecule has 2 aromatic heterocycles. The maximum absolute atomic E-state index is 12.6. The quantitative estimate of drug-likeness (QED) is 0.171. The van der Waals surface area contributed by atoms with Gasteiger partial charge >= 0.3 is 0 Å². The second-order valence-corrected chi connectivity index (χ2v) is 8.00. The van der Waals surface area contributed by atoms with E-state index in [0.717, 1.165) is 21.4 Å². The summed E-state index contributed by atoms with van der Waals surface area (Å²) in [5.74, 6) is 0.0797. The van der Waals surface area contributed by atoms with Gasteiger partial charge in [-0.3, -0.25) is 19.5 Å². The van der Waals surface area contributed by atoms with Crippen LogP contribution < -0.4 is 0 Å². The number of nitrogens with zero attached hydrogens (tertiary/aromatic N) is 3. The summed E-state index contributed by atoms with van der Waals surface area (Å²) in [6, 6.07) is 19.5. The number of nitro groups is 1. The van der Waals surface area contributed by atoms with Crippen molar-refractivity contribution in [1.82, 2.24) is 9.55 Å². The fourth-order valence-electron chi connectivity index (χ4n) is 2.76. The predicted octanol–water partition coefficient (Wildman–Crippen LogP) is 5.48. The Bertz CT molecular complexity index is 1140. The van der Waals surface area contributed by atoms with Gasteiger partial charge in [-0.15, -0.1) is 11.3 Å². The highest BCUT2D eigenvalue weighted by Gasteiger charge is 2.15. The molecule has 2 heterocycles. The summed E-state index contributed by atoms with van der Waals surface area (Å²) in [4.78, 5) is 28.6. The number of para-hydroxylation sites is 1. The minimum Gasteiger partial charge on any atom is -0.294 e. The number of hydrogen-bond donors (Lipinski definition) is 0. The zero-order chi connectivity index (χ0) is 20.2. The Morgan fingerprint density at radius 3 is 2.48 bits per heavy atom. The maximum atomic E-state index is 12.6. The van der Waals surface area contributed by atoms with Gasteiger partial charge in [0.2, 0.25) is 0 Å². The number of aromatic nitrogens is 2. The molecule has 0 spiro atoms. The van der Waals surface area contributed by atoms with Crippen LogP contribution in [0.2, 0.25) is 0 Å². The molecule has 144 valence electrons. The lowest BCUT2D eigenvalue weighted by atomic mass is 10.1. The lowest BCUT2D eigenvalue weighted by Crippen LogP contribution is -2.04. The van der Waals surface area contributed by atoms with Crippen LogP contribution in [-0.4, -0.2) is 26.0 Å². The van der Waals surface area contributed by atoms with E-state index in [1.165, 1.54) is 36.0 Å². The van der Waals surface area contributed by atoms with E-state index < -0.39 is 4.92 Å². The highest BCUT2D eigenvalue weighted by atomic mass is 32.2. The molecule has 0 saturated carbocycles. The number of nitro benzene ring substituents is 1. The first-order valence-electron chi connectivity index (χ1n) is 8.71. The van der Waals surface area contributed by atoms with E-state index in [2.05, 4.69) is 0 Å². The number of ketones is 1. The van der Waals surface area contributed by atoms with Crippen LogP contribution in [0.3, 0.4) is 0 Å². The van der Waals surface area contributed by atoms with Crippen LogP contribution in [0.5, 0.6) is 0 Å². The molecule has 6 nitrogen and oxygen atoms in total. The SMILES string of the molecule is O=C(CSc1nc(-c2cccs2)cn1-c1ccccc1)c1ccc([N+](=O)[O-])cc1. The number of benzene rings is 2. The lowest BCUT2D eigenvalue weighted by molar-refractivity contribution is -0.384. The lowest BCUT2D eigenvalue weighted by Gasteiger charge is -2.06. The van der Waals surface area contributed by atoms with Crippen molar-refractivity contribution < 1.29 is 9.72 Å². The third-order valence-corrected chi connectivity index (χ3v) is 6.06. The van der Waals surface area contributed by atoms with Crippen LogP contribution in [0.25, 0.3) is 16.3 Å². The van der Waals surface area contributed by atoms with Crippen LogP contribution >= 0.6 is 23.1 Å². The summed E-state index contributed by atoms with van der Waals surface area (Å²) in [5.41, 5.74) is 2.23. The van der Waals surface area contributed by atoms with E-state index in [1.807, 2.05) is 58.6 Å². The monoisotopic (exact) mass is 421 g/mol. The first kappa shape index (κ1) is 19.1. The van der Waals surface area contributed by atoms with Crippen molar-refractivity contribution in [3.8, 4) is 16.3 Å². The van der Waals surface area contributed by atoms with Gasteiger partial charge in [0.05, 0.1) is 21.2 Å². The Hall–Kier alpha value is -3.23. The summed E-state index contributed by atoms with van der Waals surface area (Å²) < 4.78 is 1.98.